The average molecular weight is 258 g/mol. The van der Waals surface area contributed by atoms with Gasteiger partial charge >= 0.3 is 0 Å². The van der Waals surface area contributed by atoms with E-state index in [-0.39, 0.29) is 17.7 Å². The molecule has 1 saturated carbocycles. The normalized spacial score (nSPS) is 22.6. The summed E-state index contributed by atoms with van der Waals surface area (Å²) in [5.74, 6) is -0.0389. The molecule has 2 fully saturated rings. The lowest BCUT2D eigenvalue weighted by Gasteiger charge is -2.16. The van der Waals surface area contributed by atoms with Gasteiger partial charge in [-0.05, 0) is 18.4 Å². The molecule has 0 bridgehead atoms. The second-order valence-electron chi connectivity index (χ2n) is 5.44. The van der Waals surface area contributed by atoms with Gasteiger partial charge in [-0.3, -0.25) is 9.59 Å². The van der Waals surface area contributed by atoms with Gasteiger partial charge in [0.1, 0.15) is 0 Å². The maximum atomic E-state index is 11.9. The fraction of sp³-hybridized carbons (Fsp3) is 0.467. The van der Waals surface area contributed by atoms with Gasteiger partial charge in [0.2, 0.25) is 11.8 Å². The molecule has 0 aromatic heterocycles. The first-order valence-corrected chi connectivity index (χ1v) is 6.84. The molecule has 1 saturated heterocycles. The zero-order chi connectivity index (χ0) is 13.2. The van der Waals surface area contributed by atoms with Crippen molar-refractivity contribution in [3.8, 4) is 0 Å². The van der Waals surface area contributed by atoms with Gasteiger partial charge in [0.15, 0.2) is 0 Å². The van der Waals surface area contributed by atoms with Crippen molar-refractivity contribution in [1.82, 2.24) is 10.2 Å². The predicted molar refractivity (Wildman–Crippen MR) is 71.1 cm³/mol. The van der Waals surface area contributed by atoms with Crippen LogP contribution in [0.15, 0.2) is 30.3 Å². The summed E-state index contributed by atoms with van der Waals surface area (Å²) in [6.45, 7) is 1.15. The number of rotatable bonds is 4. The van der Waals surface area contributed by atoms with Gasteiger partial charge in [-0.15, -0.1) is 0 Å². The fourth-order valence-corrected chi connectivity index (χ4v) is 2.45. The second kappa shape index (κ2) is 5.03. The summed E-state index contributed by atoms with van der Waals surface area (Å²) >= 11 is 0. The monoisotopic (exact) mass is 258 g/mol. The first-order chi connectivity index (χ1) is 9.22. The van der Waals surface area contributed by atoms with Crippen LogP contribution in [-0.4, -0.2) is 29.3 Å². The van der Waals surface area contributed by atoms with Gasteiger partial charge in [0.05, 0.1) is 5.92 Å². The summed E-state index contributed by atoms with van der Waals surface area (Å²) in [5.41, 5.74) is 1.11. The SMILES string of the molecule is O=C(NC1CC1)C1CC(=O)N(Cc2ccccc2)C1. The van der Waals surface area contributed by atoms with Crippen molar-refractivity contribution in [2.24, 2.45) is 5.92 Å². The molecule has 100 valence electrons. The molecule has 1 aliphatic heterocycles. The number of benzene rings is 1. The quantitative estimate of drug-likeness (QED) is 0.885. The topological polar surface area (TPSA) is 49.4 Å². The van der Waals surface area contributed by atoms with E-state index in [2.05, 4.69) is 5.32 Å². The Morgan fingerprint density at radius 1 is 1.26 bits per heavy atom. The lowest BCUT2D eigenvalue weighted by atomic mass is 10.1. The Morgan fingerprint density at radius 3 is 2.68 bits per heavy atom. The lowest BCUT2D eigenvalue weighted by molar-refractivity contribution is -0.129. The number of amides is 2. The van der Waals surface area contributed by atoms with Gasteiger partial charge in [0, 0.05) is 25.6 Å². The average Bonchev–Trinajstić information content (AvgIpc) is 3.15. The molecule has 19 heavy (non-hydrogen) atoms. The summed E-state index contributed by atoms with van der Waals surface area (Å²) in [6.07, 6.45) is 2.52. The Morgan fingerprint density at radius 2 is 2.00 bits per heavy atom. The highest BCUT2D eigenvalue weighted by Crippen LogP contribution is 2.23. The molecular formula is C15H18N2O2. The zero-order valence-electron chi connectivity index (χ0n) is 10.8. The van der Waals surface area contributed by atoms with Crippen molar-refractivity contribution in [3.05, 3.63) is 35.9 Å². The standard InChI is InChI=1S/C15H18N2O2/c18-14-8-12(15(19)16-13-6-7-13)10-17(14)9-11-4-2-1-3-5-11/h1-5,12-13H,6-10H2,(H,16,19). The van der Waals surface area contributed by atoms with Crippen molar-refractivity contribution >= 4 is 11.8 Å². The van der Waals surface area contributed by atoms with Gasteiger partial charge < -0.3 is 10.2 Å². The molecule has 4 heteroatoms. The molecule has 1 aromatic carbocycles. The van der Waals surface area contributed by atoms with Crippen molar-refractivity contribution in [1.29, 1.82) is 0 Å². The van der Waals surface area contributed by atoms with Crippen LogP contribution < -0.4 is 5.32 Å². The summed E-state index contributed by atoms with van der Waals surface area (Å²) in [7, 11) is 0. The van der Waals surface area contributed by atoms with Crippen LogP contribution in [0.2, 0.25) is 0 Å². The Hall–Kier alpha value is -1.84. The van der Waals surface area contributed by atoms with Crippen LogP contribution in [0, 0.1) is 5.92 Å². The van der Waals surface area contributed by atoms with Crippen molar-refractivity contribution in [2.75, 3.05) is 6.54 Å². The molecule has 4 nitrogen and oxygen atoms in total. The highest BCUT2D eigenvalue weighted by molar-refractivity contribution is 5.89. The Bertz CT molecular complexity index is 482. The minimum Gasteiger partial charge on any atom is -0.353 e. The third-order valence-electron chi connectivity index (χ3n) is 3.73. The second-order valence-corrected chi connectivity index (χ2v) is 5.44. The van der Waals surface area contributed by atoms with Gasteiger partial charge in [-0.1, -0.05) is 30.3 Å². The maximum absolute atomic E-state index is 11.9. The number of carbonyl (C=O) groups is 2. The Labute approximate surface area is 112 Å². The first-order valence-electron chi connectivity index (χ1n) is 6.84. The van der Waals surface area contributed by atoms with E-state index in [4.69, 9.17) is 0 Å². The number of hydrogen-bond acceptors (Lipinski definition) is 2. The van der Waals surface area contributed by atoms with Crippen molar-refractivity contribution < 1.29 is 9.59 Å². The third-order valence-corrected chi connectivity index (χ3v) is 3.73. The molecule has 2 amide bonds. The van der Waals surface area contributed by atoms with Crippen molar-refractivity contribution in [2.45, 2.75) is 31.8 Å². The van der Waals surface area contributed by atoms with E-state index in [9.17, 15) is 9.59 Å². The molecule has 0 spiro atoms. The number of nitrogens with zero attached hydrogens (tertiary/aromatic N) is 1. The van der Waals surface area contributed by atoms with E-state index in [1.54, 1.807) is 4.90 Å². The molecule has 3 rings (SSSR count). The van der Waals surface area contributed by atoms with Crippen molar-refractivity contribution in [3.63, 3.8) is 0 Å². The van der Waals surface area contributed by atoms with Gasteiger partial charge in [0.25, 0.3) is 0 Å². The minimum absolute atomic E-state index is 0.0476. The number of hydrogen-bond donors (Lipinski definition) is 1. The summed E-state index contributed by atoms with van der Waals surface area (Å²) in [6, 6.07) is 10.3. The third kappa shape index (κ3) is 2.95. The lowest BCUT2D eigenvalue weighted by Crippen LogP contribution is -2.34. The molecule has 1 aromatic rings. The molecule has 1 aliphatic carbocycles. The summed E-state index contributed by atoms with van der Waals surface area (Å²) in [5, 5.41) is 2.98. The maximum Gasteiger partial charge on any atom is 0.225 e. The molecule has 1 unspecified atom stereocenters. The smallest absolute Gasteiger partial charge is 0.225 e. The van der Waals surface area contributed by atoms with Crippen LogP contribution in [0.3, 0.4) is 0 Å². The van der Waals surface area contributed by atoms with Gasteiger partial charge in [-0.25, -0.2) is 0 Å². The minimum atomic E-state index is -0.170. The molecular weight excluding hydrogens is 240 g/mol. The van der Waals surface area contributed by atoms with E-state index < -0.39 is 0 Å². The van der Waals surface area contributed by atoms with E-state index >= 15 is 0 Å². The highest BCUT2D eigenvalue weighted by Gasteiger charge is 2.36. The predicted octanol–water partition coefficient (Wildman–Crippen LogP) is 1.31. The van der Waals surface area contributed by atoms with Gasteiger partial charge in [-0.2, -0.15) is 0 Å². The molecule has 0 radical (unpaired) electrons. The van der Waals surface area contributed by atoms with Crippen LogP contribution >= 0.6 is 0 Å². The Kier molecular flexibility index (Phi) is 3.23. The number of likely N-dealkylation sites (tertiary alicyclic amines) is 1. The van der Waals surface area contributed by atoms with Crippen LogP contribution in [0.4, 0.5) is 0 Å². The zero-order valence-corrected chi connectivity index (χ0v) is 10.8. The number of carbonyl (C=O) groups excluding carboxylic acids is 2. The summed E-state index contributed by atoms with van der Waals surface area (Å²) < 4.78 is 0. The van der Waals surface area contributed by atoms with E-state index in [0.717, 1.165) is 18.4 Å². The van der Waals surface area contributed by atoms with Crippen LogP contribution in [0.5, 0.6) is 0 Å². The molecule has 2 aliphatic rings. The highest BCUT2D eigenvalue weighted by atomic mass is 16.2. The van der Waals surface area contributed by atoms with E-state index in [1.807, 2.05) is 30.3 Å². The van der Waals surface area contributed by atoms with E-state index in [0.29, 0.717) is 25.6 Å². The molecule has 1 heterocycles. The largest absolute Gasteiger partial charge is 0.353 e. The molecule has 1 atom stereocenters. The molecule has 1 N–H and O–H groups in total. The summed E-state index contributed by atoms with van der Waals surface area (Å²) in [4.78, 5) is 25.7. The van der Waals surface area contributed by atoms with Crippen LogP contribution in [-0.2, 0) is 16.1 Å². The van der Waals surface area contributed by atoms with E-state index in [1.165, 1.54) is 0 Å². The Balaban J connectivity index is 1.58. The van der Waals surface area contributed by atoms with Crippen LogP contribution in [0.1, 0.15) is 24.8 Å². The fourth-order valence-electron chi connectivity index (χ4n) is 2.45. The van der Waals surface area contributed by atoms with Crippen LogP contribution in [0.25, 0.3) is 0 Å². The first kappa shape index (κ1) is 12.2. The number of nitrogens with one attached hydrogen (secondary N) is 1.